The van der Waals surface area contributed by atoms with Gasteiger partial charge in [-0.05, 0) is 60.9 Å². The number of carbonyl (C=O) groups excluding carboxylic acids is 2. The Bertz CT molecular complexity index is 1180. The summed E-state index contributed by atoms with van der Waals surface area (Å²) in [7, 11) is 0. The molecule has 2 aromatic carbocycles. The van der Waals surface area contributed by atoms with Gasteiger partial charge in [0, 0.05) is 19.6 Å². The minimum Gasteiger partial charge on any atom is -0.459 e. The number of aryl methyl sites for hydroxylation is 1. The molecule has 1 fully saturated rings. The van der Waals surface area contributed by atoms with Crippen molar-refractivity contribution in [2.24, 2.45) is 0 Å². The summed E-state index contributed by atoms with van der Waals surface area (Å²) in [4.78, 5) is 28.9. The fourth-order valence-electron chi connectivity index (χ4n) is 3.79. The maximum atomic E-state index is 13.3. The normalized spacial score (nSPS) is 14.3. The molecule has 1 aromatic heterocycles. The highest BCUT2D eigenvalue weighted by atomic mass is 19.4. The van der Waals surface area contributed by atoms with Crippen molar-refractivity contribution in [3.05, 3.63) is 77.7 Å². The van der Waals surface area contributed by atoms with Crippen LogP contribution < -0.4 is 15.0 Å². The molecule has 4 rings (SSSR count). The molecule has 0 saturated carbocycles. The van der Waals surface area contributed by atoms with E-state index in [4.69, 9.17) is 4.42 Å². The van der Waals surface area contributed by atoms with Gasteiger partial charge in [0.1, 0.15) is 5.75 Å². The second-order valence-electron chi connectivity index (χ2n) is 7.86. The van der Waals surface area contributed by atoms with E-state index in [1.807, 2.05) is 13.0 Å². The smallest absolute Gasteiger partial charge is 0.459 e. The summed E-state index contributed by atoms with van der Waals surface area (Å²) in [6.07, 6.45) is -2.75. The van der Waals surface area contributed by atoms with E-state index in [2.05, 4.69) is 10.1 Å². The van der Waals surface area contributed by atoms with E-state index in [1.165, 1.54) is 30.5 Å². The second-order valence-corrected chi connectivity index (χ2v) is 7.86. The molecule has 1 N–H and O–H groups in total. The highest BCUT2D eigenvalue weighted by molar-refractivity contribution is 6.06. The molecule has 1 aliphatic heterocycles. The Morgan fingerprint density at radius 2 is 1.94 bits per heavy atom. The van der Waals surface area contributed by atoms with Gasteiger partial charge in [0.25, 0.3) is 5.91 Å². The minimum absolute atomic E-state index is 0.115. The highest BCUT2D eigenvalue weighted by Gasteiger charge is 2.32. The van der Waals surface area contributed by atoms with Crippen LogP contribution in [0.1, 0.15) is 28.1 Å². The lowest BCUT2D eigenvalue weighted by Crippen LogP contribution is -2.49. The van der Waals surface area contributed by atoms with Crippen molar-refractivity contribution in [2.45, 2.75) is 26.3 Å². The third-order valence-corrected chi connectivity index (χ3v) is 5.25. The summed E-state index contributed by atoms with van der Waals surface area (Å²) in [6.45, 7) is 2.86. The van der Waals surface area contributed by atoms with Crippen LogP contribution in [-0.2, 0) is 6.54 Å². The van der Waals surface area contributed by atoms with Crippen molar-refractivity contribution >= 4 is 23.3 Å². The number of carbonyl (C=O) groups is 2. The Balaban J connectivity index is 1.53. The highest BCUT2D eigenvalue weighted by Crippen LogP contribution is 2.31. The standard InChI is InChI=1S/C24H22F3N3O4/c1-16-8-9-20(19(13-16)28-22(31)21-7-3-12-33-21)30-11-4-10-29(23(30)32)15-17-5-2-6-18(14-17)34-24(25,26)27/h2-3,5-9,12-14H,4,10-11,15H2,1H3,(H,28,31). The monoisotopic (exact) mass is 473 g/mol. The molecule has 0 atom stereocenters. The van der Waals surface area contributed by atoms with E-state index in [-0.39, 0.29) is 24.1 Å². The predicted octanol–water partition coefficient (Wildman–Crippen LogP) is 5.57. The van der Waals surface area contributed by atoms with Gasteiger partial charge in [-0.25, -0.2) is 4.79 Å². The van der Waals surface area contributed by atoms with Crippen LogP contribution in [0.25, 0.3) is 0 Å². The number of hydrogen-bond acceptors (Lipinski definition) is 4. The molecule has 1 saturated heterocycles. The molecule has 0 spiro atoms. The summed E-state index contributed by atoms with van der Waals surface area (Å²) in [6, 6.07) is 13.7. The number of urea groups is 1. The van der Waals surface area contributed by atoms with Gasteiger partial charge < -0.3 is 19.4 Å². The van der Waals surface area contributed by atoms with Crippen molar-refractivity contribution in [1.82, 2.24) is 4.90 Å². The van der Waals surface area contributed by atoms with Crippen molar-refractivity contribution in [3.8, 4) is 5.75 Å². The number of hydrogen-bond donors (Lipinski definition) is 1. The average molecular weight is 473 g/mol. The van der Waals surface area contributed by atoms with Crippen molar-refractivity contribution in [3.63, 3.8) is 0 Å². The average Bonchev–Trinajstić information content (AvgIpc) is 3.30. The zero-order valence-corrected chi connectivity index (χ0v) is 18.3. The largest absolute Gasteiger partial charge is 0.573 e. The van der Waals surface area contributed by atoms with Gasteiger partial charge in [-0.2, -0.15) is 0 Å². The van der Waals surface area contributed by atoms with Gasteiger partial charge in [-0.3, -0.25) is 9.69 Å². The first kappa shape index (κ1) is 23.2. The molecule has 0 unspecified atom stereocenters. The molecule has 3 amide bonds. The Labute approximate surface area is 193 Å². The first-order valence-corrected chi connectivity index (χ1v) is 10.6. The van der Waals surface area contributed by atoms with E-state index >= 15 is 0 Å². The van der Waals surface area contributed by atoms with E-state index in [0.717, 1.165) is 5.56 Å². The number of ether oxygens (including phenoxy) is 1. The molecule has 0 bridgehead atoms. The van der Waals surface area contributed by atoms with Gasteiger partial charge in [-0.1, -0.05) is 18.2 Å². The number of halogens is 3. The summed E-state index contributed by atoms with van der Waals surface area (Å²) >= 11 is 0. The number of benzene rings is 2. The van der Waals surface area contributed by atoms with Gasteiger partial charge in [0.05, 0.1) is 17.6 Å². The minimum atomic E-state index is -4.79. The van der Waals surface area contributed by atoms with Gasteiger partial charge in [-0.15, -0.1) is 13.2 Å². The molecule has 178 valence electrons. The lowest BCUT2D eigenvalue weighted by molar-refractivity contribution is -0.274. The van der Waals surface area contributed by atoms with Gasteiger partial charge in [0.2, 0.25) is 0 Å². The van der Waals surface area contributed by atoms with Crippen molar-refractivity contribution in [1.29, 1.82) is 0 Å². The number of alkyl halides is 3. The third-order valence-electron chi connectivity index (χ3n) is 5.25. The molecule has 3 aromatic rings. The molecular weight excluding hydrogens is 451 g/mol. The topological polar surface area (TPSA) is 75.0 Å². The molecule has 2 heterocycles. The zero-order chi connectivity index (χ0) is 24.3. The van der Waals surface area contributed by atoms with Crippen LogP contribution in [0, 0.1) is 6.92 Å². The fourth-order valence-corrected chi connectivity index (χ4v) is 3.79. The third kappa shape index (κ3) is 5.51. The Morgan fingerprint density at radius 1 is 1.12 bits per heavy atom. The quantitative estimate of drug-likeness (QED) is 0.508. The van der Waals surface area contributed by atoms with Crippen LogP contribution in [0.15, 0.2) is 65.3 Å². The van der Waals surface area contributed by atoms with Crippen LogP contribution in [0.3, 0.4) is 0 Å². The number of furan rings is 1. The first-order valence-electron chi connectivity index (χ1n) is 10.6. The molecule has 1 aliphatic rings. The number of amides is 3. The molecule has 34 heavy (non-hydrogen) atoms. The van der Waals surface area contributed by atoms with Crippen LogP contribution >= 0.6 is 0 Å². The van der Waals surface area contributed by atoms with E-state index in [9.17, 15) is 22.8 Å². The van der Waals surface area contributed by atoms with Crippen LogP contribution in [0.2, 0.25) is 0 Å². The molecule has 0 aliphatic carbocycles. The lowest BCUT2D eigenvalue weighted by Gasteiger charge is -2.36. The first-order chi connectivity index (χ1) is 16.2. The lowest BCUT2D eigenvalue weighted by atomic mass is 10.1. The number of rotatable bonds is 6. The Kier molecular flexibility index (Phi) is 6.49. The maximum Gasteiger partial charge on any atom is 0.573 e. The summed E-state index contributed by atoms with van der Waals surface area (Å²) in [5.41, 5.74) is 2.38. The van der Waals surface area contributed by atoms with E-state index < -0.39 is 12.3 Å². The summed E-state index contributed by atoms with van der Waals surface area (Å²) in [5.74, 6) is -0.646. The molecular formula is C24H22F3N3O4. The number of anilines is 2. The van der Waals surface area contributed by atoms with E-state index in [1.54, 1.807) is 34.1 Å². The van der Waals surface area contributed by atoms with Crippen LogP contribution in [-0.4, -0.2) is 36.3 Å². The zero-order valence-electron chi connectivity index (χ0n) is 18.3. The van der Waals surface area contributed by atoms with Crippen LogP contribution in [0.4, 0.5) is 29.3 Å². The van der Waals surface area contributed by atoms with Crippen molar-refractivity contribution in [2.75, 3.05) is 23.3 Å². The van der Waals surface area contributed by atoms with Crippen LogP contribution in [0.5, 0.6) is 5.75 Å². The fraction of sp³-hybridized carbons (Fsp3) is 0.250. The number of nitrogens with zero attached hydrogens (tertiary/aromatic N) is 2. The number of nitrogens with one attached hydrogen (secondary N) is 1. The summed E-state index contributed by atoms with van der Waals surface area (Å²) in [5, 5.41) is 2.80. The van der Waals surface area contributed by atoms with Gasteiger partial charge in [0.15, 0.2) is 5.76 Å². The van der Waals surface area contributed by atoms with Crippen molar-refractivity contribution < 1.29 is 31.9 Å². The molecule has 7 nitrogen and oxygen atoms in total. The molecule has 0 radical (unpaired) electrons. The Hall–Kier alpha value is -3.95. The molecule has 10 heteroatoms. The van der Waals surface area contributed by atoms with E-state index in [0.29, 0.717) is 36.4 Å². The predicted molar refractivity (Wildman–Crippen MR) is 119 cm³/mol. The summed E-state index contributed by atoms with van der Waals surface area (Å²) < 4.78 is 46.8. The van der Waals surface area contributed by atoms with Gasteiger partial charge >= 0.3 is 12.4 Å². The second kappa shape index (κ2) is 9.50. The SMILES string of the molecule is Cc1ccc(N2CCCN(Cc3cccc(OC(F)(F)F)c3)C2=O)c(NC(=O)c2ccco2)c1. The Morgan fingerprint density at radius 3 is 2.68 bits per heavy atom. The maximum absolute atomic E-state index is 13.3.